The van der Waals surface area contributed by atoms with Gasteiger partial charge in [0, 0.05) is 5.92 Å². The second kappa shape index (κ2) is 5.52. The van der Waals surface area contributed by atoms with Crippen LogP contribution in [0.3, 0.4) is 0 Å². The summed E-state index contributed by atoms with van der Waals surface area (Å²) in [6.07, 6.45) is 0.437. The monoisotopic (exact) mass is 280 g/mol. The molecule has 4 unspecified atom stereocenters. The summed E-state index contributed by atoms with van der Waals surface area (Å²) in [6, 6.07) is 2.78. The zero-order valence-corrected chi connectivity index (χ0v) is 12.1. The fraction of sp³-hybridized carbons (Fsp3) is 0.562. The first-order chi connectivity index (χ1) is 9.31. The molecular formula is C16H21FO3. The van der Waals surface area contributed by atoms with Crippen LogP contribution in [0.1, 0.15) is 42.6 Å². The molecule has 0 aromatic heterocycles. The molecule has 1 aliphatic carbocycles. The summed E-state index contributed by atoms with van der Waals surface area (Å²) in [4.78, 5) is 11.3. The van der Waals surface area contributed by atoms with Crippen molar-refractivity contribution >= 4 is 5.97 Å². The van der Waals surface area contributed by atoms with Crippen LogP contribution in [0.5, 0.6) is 0 Å². The predicted molar refractivity (Wildman–Crippen MR) is 73.8 cm³/mol. The highest BCUT2D eigenvalue weighted by Gasteiger charge is 2.41. The zero-order chi connectivity index (χ0) is 15.0. The van der Waals surface area contributed by atoms with Crippen molar-refractivity contribution in [3.8, 4) is 0 Å². The number of halogens is 1. The molecule has 1 saturated carbocycles. The van der Waals surface area contributed by atoms with E-state index >= 15 is 0 Å². The maximum atomic E-state index is 13.3. The summed E-state index contributed by atoms with van der Waals surface area (Å²) in [6.45, 7) is 5.51. The van der Waals surface area contributed by atoms with Gasteiger partial charge in [0.2, 0.25) is 0 Å². The van der Waals surface area contributed by atoms with Crippen molar-refractivity contribution in [1.82, 2.24) is 0 Å². The van der Waals surface area contributed by atoms with Gasteiger partial charge in [0.25, 0.3) is 0 Å². The van der Waals surface area contributed by atoms with Crippen LogP contribution in [0.25, 0.3) is 0 Å². The van der Waals surface area contributed by atoms with Gasteiger partial charge in [-0.05, 0) is 61.4 Å². The summed E-state index contributed by atoms with van der Waals surface area (Å²) in [7, 11) is 0. The lowest BCUT2D eigenvalue weighted by Gasteiger charge is -2.25. The van der Waals surface area contributed by atoms with E-state index in [2.05, 4.69) is 0 Å². The number of carboxylic acids is 1. The fourth-order valence-corrected chi connectivity index (χ4v) is 3.57. The Morgan fingerprint density at radius 3 is 2.35 bits per heavy atom. The molecule has 0 aliphatic heterocycles. The average Bonchev–Trinajstić information content (AvgIpc) is 2.70. The van der Waals surface area contributed by atoms with Crippen molar-refractivity contribution in [2.45, 2.75) is 39.7 Å². The lowest BCUT2D eigenvalue weighted by atomic mass is 9.83. The van der Waals surface area contributed by atoms with E-state index in [1.54, 1.807) is 13.8 Å². The summed E-state index contributed by atoms with van der Waals surface area (Å²) in [5, 5.41) is 19.9. The fourth-order valence-electron chi connectivity index (χ4n) is 3.57. The highest BCUT2D eigenvalue weighted by atomic mass is 19.1. The van der Waals surface area contributed by atoms with E-state index in [-0.39, 0.29) is 17.7 Å². The second-order valence-electron chi connectivity index (χ2n) is 6.08. The van der Waals surface area contributed by atoms with Crippen LogP contribution in [-0.2, 0) is 4.79 Å². The lowest BCUT2D eigenvalue weighted by molar-refractivity contribution is -0.144. The first-order valence-electron chi connectivity index (χ1n) is 6.98. The van der Waals surface area contributed by atoms with Crippen molar-refractivity contribution < 1.29 is 19.4 Å². The maximum Gasteiger partial charge on any atom is 0.306 e. The summed E-state index contributed by atoms with van der Waals surface area (Å²) in [5.74, 6) is -1.72. The van der Waals surface area contributed by atoms with E-state index in [9.17, 15) is 19.4 Å². The van der Waals surface area contributed by atoms with Gasteiger partial charge < -0.3 is 10.2 Å². The van der Waals surface area contributed by atoms with Crippen molar-refractivity contribution in [2.75, 3.05) is 0 Å². The van der Waals surface area contributed by atoms with Crippen LogP contribution in [-0.4, -0.2) is 16.2 Å². The Bertz CT molecular complexity index is 503. The summed E-state index contributed by atoms with van der Waals surface area (Å²) in [5.41, 5.74) is 2.04. The number of benzene rings is 1. The Labute approximate surface area is 118 Å². The molecule has 1 aromatic carbocycles. The van der Waals surface area contributed by atoms with Crippen molar-refractivity contribution in [1.29, 1.82) is 0 Å². The minimum Gasteiger partial charge on any atom is -0.481 e. The van der Waals surface area contributed by atoms with Crippen molar-refractivity contribution in [3.63, 3.8) is 0 Å². The van der Waals surface area contributed by atoms with Crippen LogP contribution >= 0.6 is 0 Å². The lowest BCUT2D eigenvalue weighted by Crippen LogP contribution is -2.24. The van der Waals surface area contributed by atoms with Gasteiger partial charge in [-0.3, -0.25) is 4.79 Å². The number of hydrogen-bond donors (Lipinski definition) is 2. The predicted octanol–water partition coefficient (Wildman–Crippen LogP) is 3.22. The van der Waals surface area contributed by atoms with Crippen LogP contribution in [0.2, 0.25) is 0 Å². The normalized spacial score (nSPS) is 27.6. The van der Waals surface area contributed by atoms with Gasteiger partial charge in [-0.25, -0.2) is 4.39 Å². The molecule has 0 bridgehead atoms. The number of aliphatic hydroxyl groups is 1. The molecule has 0 radical (unpaired) electrons. The third kappa shape index (κ3) is 2.70. The molecule has 1 aliphatic rings. The Kier molecular flexibility index (Phi) is 4.14. The second-order valence-corrected chi connectivity index (χ2v) is 6.08. The van der Waals surface area contributed by atoms with E-state index in [4.69, 9.17) is 0 Å². The molecule has 2 rings (SSSR count). The number of carboxylic acid groups (broad SMARTS) is 1. The van der Waals surface area contributed by atoms with Gasteiger partial charge in [0.05, 0.1) is 12.0 Å². The molecule has 1 aromatic rings. The molecule has 4 atom stereocenters. The van der Waals surface area contributed by atoms with Gasteiger partial charge >= 0.3 is 5.97 Å². The Morgan fingerprint density at radius 2 is 1.85 bits per heavy atom. The van der Waals surface area contributed by atoms with Gasteiger partial charge in [-0.1, -0.05) is 6.92 Å². The molecule has 110 valence electrons. The highest BCUT2D eigenvalue weighted by Crippen LogP contribution is 2.44. The third-order valence-electron chi connectivity index (χ3n) is 4.42. The van der Waals surface area contributed by atoms with Crippen molar-refractivity contribution in [2.24, 2.45) is 17.8 Å². The number of rotatable bonds is 3. The topological polar surface area (TPSA) is 57.5 Å². The SMILES string of the molecule is Cc1cc(F)cc(C)c1C(O)C1CC(C)CC1C(=O)O. The molecule has 1 fully saturated rings. The zero-order valence-electron chi connectivity index (χ0n) is 12.1. The van der Waals surface area contributed by atoms with Crippen LogP contribution in [0.4, 0.5) is 4.39 Å². The Balaban J connectivity index is 2.36. The van der Waals surface area contributed by atoms with Gasteiger partial charge in [-0.2, -0.15) is 0 Å². The van der Waals surface area contributed by atoms with Gasteiger partial charge in [0.15, 0.2) is 0 Å². The number of aliphatic hydroxyl groups excluding tert-OH is 1. The molecule has 4 heteroatoms. The number of aliphatic carboxylic acids is 1. The van der Waals surface area contributed by atoms with Crippen LogP contribution in [0.15, 0.2) is 12.1 Å². The Morgan fingerprint density at radius 1 is 1.30 bits per heavy atom. The van der Waals surface area contributed by atoms with E-state index in [1.165, 1.54) is 12.1 Å². The van der Waals surface area contributed by atoms with Crippen LogP contribution in [0, 0.1) is 37.4 Å². The molecule has 3 nitrogen and oxygen atoms in total. The number of aryl methyl sites for hydroxylation is 2. The molecule has 20 heavy (non-hydrogen) atoms. The molecule has 2 N–H and O–H groups in total. The van der Waals surface area contributed by atoms with Gasteiger partial charge in [0.1, 0.15) is 5.82 Å². The largest absolute Gasteiger partial charge is 0.481 e. The minimum absolute atomic E-state index is 0.289. The van der Waals surface area contributed by atoms with Crippen LogP contribution < -0.4 is 0 Å². The van der Waals surface area contributed by atoms with E-state index < -0.39 is 18.0 Å². The highest BCUT2D eigenvalue weighted by molar-refractivity contribution is 5.71. The Hall–Kier alpha value is -1.42. The van der Waals surface area contributed by atoms with E-state index in [0.29, 0.717) is 29.5 Å². The van der Waals surface area contributed by atoms with Crippen molar-refractivity contribution in [3.05, 3.63) is 34.6 Å². The molecule has 0 saturated heterocycles. The number of hydrogen-bond acceptors (Lipinski definition) is 2. The first-order valence-corrected chi connectivity index (χ1v) is 6.98. The summed E-state index contributed by atoms with van der Waals surface area (Å²) < 4.78 is 13.3. The smallest absolute Gasteiger partial charge is 0.306 e. The first kappa shape index (κ1) is 15.0. The molecular weight excluding hydrogens is 259 g/mol. The maximum absolute atomic E-state index is 13.3. The average molecular weight is 280 g/mol. The van der Waals surface area contributed by atoms with Gasteiger partial charge in [-0.15, -0.1) is 0 Å². The molecule has 0 spiro atoms. The third-order valence-corrected chi connectivity index (χ3v) is 4.42. The number of carbonyl (C=O) groups is 1. The van der Waals surface area contributed by atoms with E-state index in [0.717, 1.165) is 0 Å². The minimum atomic E-state index is -0.851. The summed E-state index contributed by atoms with van der Waals surface area (Å²) >= 11 is 0. The standard InChI is InChI=1S/C16H21FO3/c1-8-4-12(13(5-8)16(19)20)15(18)14-9(2)6-11(17)7-10(14)3/h6-8,12-13,15,18H,4-5H2,1-3H3,(H,19,20). The molecule has 0 heterocycles. The van der Waals surface area contributed by atoms with E-state index in [1.807, 2.05) is 6.92 Å². The molecule has 0 amide bonds. The quantitative estimate of drug-likeness (QED) is 0.893.